The van der Waals surface area contributed by atoms with Gasteiger partial charge in [0.05, 0.1) is 6.20 Å². The third kappa shape index (κ3) is 1.76. The van der Waals surface area contributed by atoms with Crippen molar-refractivity contribution in [1.82, 2.24) is 14.8 Å². The van der Waals surface area contributed by atoms with Crippen LogP contribution in [0.25, 0.3) is 5.82 Å². The van der Waals surface area contributed by atoms with E-state index in [4.69, 9.17) is 11.0 Å². The highest BCUT2D eigenvalue weighted by Crippen LogP contribution is 2.16. The zero-order valence-electron chi connectivity index (χ0n) is 8.44. The number of nitrogens with two attached hydrogens (primary N) is 1. The molecule has 0 saturated carbocycles. The molecule has 2 heterocycles. The second-order valence-corrected chi connectivity index (χ2v) is 3.08. The molecular formula is C9H6N6O2. The Balaban J connectivity index is 2.54. The summed E-state index contributed by atoms with van der Waals surface area (Å²) in [6.07, 6.45) is 1.27. The molecule has 2 N–H and O–H groups in total. The Bertz CT molecular complexity index is 627. The van der Waals surface area contributed by atoms with Crippen LogP contribution in [0.2, 0.25) is 0 Å². The molecule has 8 nitrogen and oxygen atoms in total. The average molecular weight is 230 g/mol. The van der Waals surface area contributed by atoms with E-state index in [2.05, 4.69) is 10.1 Å². The predicted octanol–water partition coefficient (Wildman–Crippen LogP) is 0.629. The Morgan fingerprint density at radius 1 is 1.53 bits per heavy atom. The van der Waals surface area contributed by atoms with Crippen LogP contribution in [0.4, 0.5) is 11.6 Å². The number of hydrogen-bond acceptors (Lipinski definition) is 6. The van der Waals surface area contributed by atoms with Crippen LogP contribution in [0, 0.1) is 21.4 Å². The first-order valence-electron chi connectivity index (χ1n) is 4.49. The van der Waals surface area contributed by atoms with E-state index in [9.17, 15) is 10.1 Å². The maximum atomic E-state index is 10.6. The van der Waals surface area contributed by atoms with Crippen LogP contribution in [0.3, 0.4) is 0 Å². The summed E-state index contributed by atoms with van der Waals surface area (Å²) in [5, 5.41) is 23.1. The Morgan fingerprint density at radius 3 is 2.88 bits per heavy atom. The minimum absolute atomic E-state index is 0.0977. The molecular weight excluding hydrogens is 224 g/mol. The third-order valence-corrected chi connectivity index (χ3v) is 2.05. The van der Waals surface area contributed by atoms with Gasteiger partial charge < -0.3 is 15.8 Å². The number of anilines is 1. The van der Waals surface area contributed by atoms with Gasteiger partial charge in [-0.2, -0.15) is 15.0 Å². The van der Waals surface area contributed by atoms with Crippen molar-refractivity contribution in [3.8, 4) is 11.9 Å². The molecule has 0 atom stereocenters. The van der Waals surface area contributed by atoms with Crippen molar-refractivity contribution in [1.29, 1.82) is 5.26 Å². The second-order valence-electron chi connectivity index (χ2n) is 3.08. The summed E-state index contributed by atoms with van der Waals surface area (Å²) in [6.45, 7) is 0. The molecule has 0 aliphatic heterocycles. The van der Waals surface area contributed by atoms with E-state index in [1.54, 1.807) is 0 Å². The van der Waals surface area contributed by atoms with Crippen LogP contribution >= 0.6 is 0 Å². The van der Waals surface area contributed by atoms with E-state index in [1.165, 1.54) is 29.1 Å². The Morgan fingerprint density at radius 2 is 2.29 bits per heavy atom. The number of nitrogen functional groups attached to an aromatic ring is 1. The zero-order chi connectivity index (χ0) is 12.4. The molecule has 0 spiro atoms. The highest BCUT2D eigenvalue weighted by molar-refractivity contribution is 5.51. The fourth-order valence-electron chi connectivity index (χ4n) is 1.26. The molecule has 0 saturated heterocycles. The molecule has 8 heteroatoms. The highest BCUT2D eigenvalue weighted by atomic mass is 16.6. The Labute approximate surface area is 95.1 Å². The Kier molecular flexibility index (Phi) is 2.42. The first-order valence-corrected chi connectivity index (χ1v) is 4.49. The normalized spacial score (nSPS) is 9.82. The molecule has 2 aromatic heterocycles. The molecule has 0 amide bonds. The zero-order valence-corrected chi connectivity index (χ0v) is 8.44. The van der Waals surface area contributed by atoms with Crippen LogP contribution in [-0.4, -0.2) is 19.7 Å². The van der Waals surface area contributed by atoms with Gasteiger partial charge in [0.15, 0.2) is 0 Å². The summed E-state index contributed by atoms with van der Waals surface area (Å²) in [5.74, 6) is -0.0189. The number of nitriles is 1. The molecule has 0 aliphatic rings. The monoisotopic (exact) mass is 230 g/mol. The number of rotatable bonds is 2. The fourth-order valence-corrected chi connectivity index (χ4v) is 1.26. The van der Waals surface area contributed by atoms with Gasteiger partial charge in [-0.05, 0) is 16.0 Å². The molecule has 0 bridgehead atoms. The van der Waals surface area contributed by atoms with Gasteiger partial charge in [-0.15, -0.1) is 0 Å². The first kappa shape index (κ1) is 10.6. The Hall–Kier alpha value is -2.95. The lowest BCUT2D eigenvalue weighted by Gasteiger charge is -1.98. The van der Waals surface area contributed by atoms with Gasteiger partial charge in [-0.25, -0.2) is 0 Å². The van der Waals surface area contributed by atoms with Crippen molar-refractivity contribution in [3.63, 3.8) is 0 Å². The van der Waals surface area contributed by atoms with Crippen LogP contribution in [0.15, 0.2) is 24.4 Å². The largest absolute Gasteiger partial charge is 0.382 e. The van der Waals surface area contributed by atoms with E-state index in [1.807, 2.05) is 6.07 Å². The topological polar surface area (TPSA) is 124 Å². The molecule has 84 valence electrons. The summed E-state index contributed by atoms with van der Waals surface area (Å²) in [6, 6.07) is 6.09. The van der Waals surface area contributed by atoms with Crippen LogP contribution in [0.5, 0.6) is 0 Å². The SMILES string of the molecule is N#Cc1cnn(-c2cccc([N+](=O)[O-])n2)c1N. The van der Waals surface area contributed by atoms with E-state index in [0.29, 0.717) is 0 Å². The number of hydrogen-bond donors (Lipinski definition) is 1. The fraction of sp³-hybridized carbons (Fsp3) is 0. The molecule has 0 fully saturated rings. The number of nitro groups is 1. The first-order chi connectivity index (χ1) is 8.13. The van der Waals surface area contributed by atoms with Gasteiger partial charge in [0.25, 0.3) is 5.82 Å². The standard InChI is InChI=1S/C9H6N6O2/c10-4-6-5-12-14(9(6)11)7-2-1-3-8(13-7)15(16)17/h1-3,5H,11H2. The molecule has 0 aliphatic carbocycles. The van der Waals surface area contributed by atoms with Gasteiger partial charge in [-0.3, -0.25) is 0 Å². The van der Waals surface area contributed by atoms with E-state index < -0.39 is 4.92 Å². The van der Waals surface area contributed by atoms with Crippen molar-refractivity contribution in [2.75, 3.05) is 5.73 Å². The van der Waals surface area contributed by atoms with Crippen molar-refractivity contribution in [2.45, 2.75) is 0 Å². The quantitative estimate of drug-likeness (QED) is 0.595. The summed E-state index contributed by atoms with van der Waals surface area (Å²) in [4.78, 5) is 13.7. The predicted molar refractivity (Wildman–Crippen MR) is 57.1 cm³/mol. The molecule has 0 aromatic carbocycles. The summed E-state index contributed by atoms with van der Waals surface area (Å²) in [5.41, 5.74) is 5.83. The summed E-state index contributed by atoms with van der Waals surface area (Å²) in [7, 11) is 0. The van der Waals surface area contributed by atoms with Gasteiger partial charge >= 0.3 is 5.82 Å². The highest BCUT2D eigenvalue weighted by Gasteiger charge is 2.15. The minimum Gasteiger partial charge on any atom is -0.382 e. The van der Waals surface area contributed by atoms with Gasteiger partial charge in [0.2, 0.25) is 0 Å². The van der Waals surface area contributed by atoms with E-state index >= 15 is 0 Å². The van der Waals surface area contributed by atoms with E-state index in [0.717, 1.165) is 0 Å². The maximum Gasteiger partial charge on any atom is 0.365 e. The molecule has 2 rings (SSSR count). The van der Waals surface area contributed by atoms with Crippen molar-refractivity contribution >= 4 is 11.6 Å². The number of aromatic nitrogens is 3. The third-order valence-electron chi connectivity index (χ3n) is 2.05. The van der Waals surface area contributed by atoms with Crippen LogP contribution in [-0.2, 0) is 0 Å². The van der Waals surface area contributed by atoms with Crippen LogP contribution < -0.4 is 5.73 Å². The number of nitrogens with zero attached hydrogens (tertiary/aromatic N) is 5. The van der Waals surface area contributed by atoms with Gasteiger partial charge in [0.1, 0.15) is 17.5 Å². The van der Waals surface area contributed by atoms with Crippen molar-refractivity contribution in [3.05, 3.63) is 40.1 Å². The molecule has 0 radical (unpaired) electrons. The lowest BCUT2D eigenvalue weighted by Crippen LogP contribution is -2.05. The van der Waals surface area contributed by atoms with Crippen molar-refractivity contribution < 1.29 is 4.92 Å². The average Bonchev–Trinajstić information content (AvgIpc) is 2.70. The lowest BCUT2D eigenvalue weighted by atomic mass is 10.3. The van der Waals surface area contributed by atoms with E-state index in [-0.39, 0.29) is 23.0 Å². The summed E-state index contributed by atoms with van der Waals surface area (Å²) < 4.78 is 1.17. The molecule has 2 aromatic rings. The smallest absolute Gasteiger partial charge is 0.365 e. The number of pyridine rings is 1. The molecule has 0 unspecified atom stereocenters. The van der Waals surface area contributed by atoms with Gasteiger partial charge in [-0.1, -0.05) is 0 Å². The molecule has 17 heavy (non-hydrogen) atoms. The van der Waals surface area contributed by atoms with Crippen LogP contribution in [0.1, 0.15) is 5.56 Å². The minimum atomic E-state index is -0.617. The lowest BCUT2D eigenvalue weighted by molar-refractivity contribution is -0.389. The maximum absolute atomic E-state index is 10.6. The van der Waals surface area contributed by atoms with Gasteiger partial charge in [0, 0.05) is 12.1 Å². The van der Waals surface area contributed by atoms with Crippen molar-refractivity contribution in [2.24, 2.45) is 0 Å². The second kappa shape index (κ2) is 3.90. The summed E-state index contributed by atoms with van der Waals surface area (Å²) >= 11 is 0.